The van der Waals surface area contributed by atoms with Gasteiger partial charge < -0.3 is 10.4 Å². The third kappa shape index (κ3) is 4.79. The molecule has 0 spiro atoms. The standard InChI is InChI=1S/C13H19FN2O2/c1-9(17)7-13(2,3)8-15-12(18)10-5-4-6-11(14)16-10/h4-6,9,17H,7-8H2,1-3H3,(H,15,18). The molecule has 1 heterocycles. The summed E-state index contributed by atoms with van der Waals surface area (Å²) in [5.74, 6) is -1.08. The molecule has 1 unspecified atom stereocenters. The van der Waals surface area contributed by atoms with Gasteiger partial charge in [-0.05, 0) is 30.9 Å². The molecule has 1 rings (SSSR count). The monoisotopic (exact) mass is 254 g/mol. The summed E-state index contributed by atoms with van der Waals surface area (Å²) in [7, 11) is 0. The lowest BCUT2D eigenvalue weighted by Crippen LogP contribution is -2.36. The second-order valence-corrected chi connectivity index (χ2v) is 5.25. The fourth-order valence-corrected chi connectivity index (χ4v) is 1.82. The van der Waals surface area contributed by atoms with E-state index in [1.807, 2.05) is 13.8 Å². The van der Waals surface area contributed by atoms with Crippen LogP contribution in [0.2, 0.25) is 0 Å². The molecule has 1 aromatic rings. The van der Waals surface area contributed by atoms with E-state index in [9.17, 15) is 14.3 Å². The average Bonchev–Trinajstić information content (AvgIpc) is 2.24. The normalized spacial score (nSPS) is 13.2. The van der Waals surface area contributed by atoms with Gasteiger partial charge in [0.25, 0.3) is 5.91 Å². The second kappa shape index (κ2) is 5.91. The Morgan fingerprint density at radius 1 is 1.56 bits per heavy atom. The SMILES string of the molecule is CC(O)CC(C)(C)CNC(=O)c1cccc(F)n1. The summed E-state index contributed by atoms with van der Waals surface area (Å²) in [4.78, 5) is 15.2. The first-order valence-corrected chi connectivity index (χ1v) is 5.89. The summed E-state index contributed by atoms with van der Waals surface area (Å²) in [6.07, 6.45) is 0.147. The minimum Gasteiger partial charge on any atom is -0.393 e. The van der Waals surface area contributed by atoms with Gasteiger partial charge in [0.2, 0.25) is 5.95 Å². The van der Waals surface area contributed by atoms with E-state index in [1.54, 1.807) is 6.92 Å². The van der Waals surface area contributed by atoms with E-state index in [-0.39, 0.29) is 11.1 Å². The molecule has 100 valence electrons. The third-order valence-corrected chi connectivity index (χ3v) is 2.52. The molecular formula is C13H19FN2O2. The number of aliphatic hydroxyl groups is 1. The molecular weight excluding hydrogens is 235 g/mol. The molecule has 0 aromatic carbocycles. The van der Waals surface area contributed by atoms with Crippen LogP contribution in [0.3, 0.4) is 0 Å². The maximum Gasteiger partial charge on any atom is 0.270 e. The van der Waals surface area contributed by atoms with Crippen molar-refractivity contribution in [3.8, 4) is 0 Å². The van der Waals surface area contributed by atoms with E-state index in [2.05, 4.69) is 10.3 Å². The molecule has 2 N–H and O–H groups in total. The zero-order chi connectivity index (χ0) is 13.8. The van der Waals surface area contributed by atoms with Crippen molar-refractivity contribution in [3.05, 3.63) is 29.8 Å². The van der Waals surface area contributed by atoms with Crippen molar-refractivity contribution in [1.29, 1.82) is 0 Å². The third-order valence-electron chi connectivity index (χ3n) is 2.52. The van der Waals surface area contributed by atoms with Crippen molar-refractivity contribution in [2.24, 2.45) is 5.41 Å². The van der Waals surface area contributed by atoms with Crippen LogP contribution in [0.5, 0.6) is 0 Å². The molecule has 1 amide bonds. The molecule has 0 radical (unpaired) electrons. The van der Waals surface area contributed by atoms with Gasteiger partial charge in [0.1, 0.15) is 5.69 Å². The molecule has 5 heteroatoms. The molecule has 4 nitrogen and oxygen atoms in total. The molecule has 1 atom stereocenters. The van der Waals surface area contributed by atoms with Gasteiger partial charge in [0.05, 0.1) is 6.10 Å². The molecule has 0 saturated carbocycles. The largest absolute Gasteiger partial charge is 0.393 e. The first-order chi connectivity index (χ1) is 8.30. The number of halogens is 1. The maximum atomic E-state index is 12.8. The Hall–Kier alpha value is -1.49. The van der Waals surface area contributed by atoms with E-state index < -0.39 is 18.0 Å². The highest BCUT2D eigenvalue weighted by atomic mass is 19.1. The first-order valence-electron chi connectivity index (χ1n) is 5.89. The van der Waals surface area contributed by atoms with Gasteiger partial charge in [-0.15, -0.1) is 0 Å². The van der Waals surface area contributed by atoms with Crippen molar-refractivity contribution in [3.63, 3.8) is 0 Å². The molecule has 18 heavy (non-hydrogen) atoms. The van der Waals surface area contributed by atoms with E-state index in [1.165, 1.54) is 18.2 Å². The Morgan fingerprint density at radius 3 is 2.78 bits per heavy atom. The summed E-state index contributed by atoms with van der Waals surface area (Å²) >= 11 is 0. The fourth-order valence-electron chi connectivity index (χ4n) is 1.82. The van der Waals surface area contributed by atoms with E-state index in [0.717, 1.165) is 0 Å². The average molecular weight is 254 g/mol. The lowest BCUT2D eigenvalue weighted by molar-refractivity contribution is 0.0896. The van der Waals surface area contributed by atoms with Gasteiger partial charge in [-0.3, -0.25) is 4.79 Å². The summed E-state index contributed by atoms with van der Waals surface area (Å²) in [5, 5.41) is 12.0. The van der Waals surface area contributed by atoms with E-state index in [0.29, 0.717) is 13.0 Å². The molecule has 0 aliphatic carbocycles. The van der Waals surface area contributed by atoms with Gasteiger partial charge >= 0.3 is 0 Å². The van der Waals surface area contributed by atoms with Crippen LogP contribution in [0.25, 0.3) is 0 Å². The number of rotatable bonds is 5. The molecule has 0 saturated heterocycles. The summed E-state index contributed by atoms with van der Waals surface area (Å²) < 4.78 is 12.8. The Kier molecular flexibility index (Phi) is 4.78. The van der Waals surface area contributed by atoms with Crippen molar-refractivity contribution in [2.75, 3.05) is 6.54 Å². The smallest absolute Gasteiger partial charge is 0.270 e. The van der Waals surface area contributed by atoms with Crippen LogP contribution in [-0.2, 0) is 0 Å². The lowest BCUT2D eigenvalue weighted by atomic mass is 9.87. The van der Waals surface area contributed by atoms with Crippen LogP contribution in [-0.4, -0.2) is 28.6 Å². The van der Waals surface area contributed by atoms with Crippen molar-refractivity contribution < 1.29 is 14.3 Å². The molecule has 0 fully saturated rings. The van der Waals surface area contributed by atoms with Gasteiger partial charge in [-0.2, -0.15) is 4.39 Å². The number of pyridine rings is 1. The predicted molar refractivity (Wildman–Crippen MR) is 66.6 cm³/mol. The van der Waals surface area contributed by atoms with Crippen molar-refractivity contribution in [1.82, 2.24) is 10.3 Å². The summed E-state index contributed by atoms with van der Waals surface area (Å²) in [5.41, 5.74) is -0.167. The number of carbonyl (C=O) groups is 1. The van der Waals surface area contributed by atoms with Gasteiger partial charge in [0, 0.05) is 6.54 Å². The first kappa shape index (κ1) is 14.6. The van der Waals surface area contributed by atoms with Crippen LogP contribution < -0.4 is 5.32 Å². The van der Waals surface area contributed by atoms with Crippen LogP contribution in [0.4, 0.5) is 4.39 Å². The number of carbonyl (C=O) groups excluding carboxylic acids is 1. The number of amides is 1. The number of aromatic nitrogens is 1. The molecule has 0 aliphatic heterocycles. The molecule has 1 aromatic heterocycles. The van der Waals surface area contributed by atoms with Gasteiger partial charge in [-0.1, -0.05) is 19.9 Å². The topological polar surface area (TPSA) is 62.2 Å². The van der Waals surface area contributed by atoms with Crippen molar-refractivity contribution >= 4 is 5.91 Å². The lowest BCUT2D eigenvalue weighted by Gasteiger charge is -2.26. The van der Waals surface area contributed by atoms with Crippen LogP contribution in [0.1, 0.15) is 37.7 Å². The molecule has 0 bridgehead atoms. The highest BCUT2D eigenvalue weighted by Crippen LogP contribution is 2.21. The van der Waals surface area contributed by atoms with Crippen LogP contribution >= 0.6 is 0 Å². The minimum atomic E-state index is -0.675. The Morgan fingerprint density at radius 2 is 2.22 bits per heavy atom. The quantitative estimate of drug-likeness (QED) is 0.787. The number of hydrogen-bond donors (Lipinski definition) is 2. The predicted octanol–water partition coefficient (Wildman–Crippen LogP) is 1.75. The van der Waals surface area contributed by atoms with Crippen molar-refractivity contribution in [2.45, 2.75) is 33.3 Å². The summed E-state index contributed by atoms with van der Waals surface area (Å²) in [6.45, 7) is 5.99. The molecule has 0 aliphatic rings. The zero-order valence-electron chi connectivity index (χ0n) is 10.9. The maximum absolute atomic E-state index is 12.8. The minimum absolute atomic E-state index is 0.0582. The van der Waals surface area contributed by atoms with Crippen LogP contribution in [0, 0.1) is 11.4 Å². The Bertz CT molecular complexity index is 419. The fraction of sp³-hybridized carbons (Fsp3) is 0.538. The number of nitrogens with zero attached hydrogens (tertiary/aromatic N) is 1. The zero-order valence-corrected chi connectivity index (χ0v) is 10.9. The second-order valence-electron chi connectivity index (χ2n) is 5.25. The number of hydrogen-bond acceptors (Lipinski definition) is 3. The van der Waals surface area contributed by atoms with E-state index >= 15 is 0 Å². The summed E-state index contributed by atoms with van der Waals surface area (Å²) in [6, 6.07) is 4.09. The Labute approximate surface area is 106 Å². The van der Waals surface area contributed by atoms with Gasteiger partial charge in [-0.25, -0.2) is 4.98 Å². The van der Waals surface area contributed by atoms with E-state index in [4.69, 9.17) is 0 Å². The highest BCUT2D eigenvalue weighted by molar-refractivity contribution is 5.92. The highest BCUT2D eigenvalue weighted by Gasteiger charge is 2.21. The van der Waals surface area contributed by atoms with Gasteiger partial charge in [0.15, 0.2) is 0 Å². The Balaban J connectivity index is 2.56. The number of aliphatic hydroxyl groups excluding tert-OH is 1. The van der Waals surface area contributed by atoms with Crippen LogP contribution in [0.15, 0.2) is 18.2 Å². The number of nitrogens with one attached hydrogen (secondary N) is 1.